The van der Waals surface area contributed by atoms with Crippen molar-refractivity contribution >= 4 is 34.5 Å². The Morgan fingerprint density at radius 2 is 1.71 bits per heavy atom. The summed E-state index contributed by atoms with van der Waals surface area (Å²) >= 11 is 1.14. The van der Waals surface area contributed by atoms with Gasteiger partial charge < -0.3 is 9.47 Å². The van der Waals surface area contributed by atoms with E-state index in [2.05, 4.69) is 4.99 Å². The molecule has 0 saturated carbocycles. The molecule has 0 aromatic heterocycles. The summed E-state index contributed by atoms with van der Waals surface area (Å²) in [6.07, 6.45) is -4.01. The number of alkyl halides is 3. The molecule has 3 rings (SSSR count). The molecule has 202 valence electrons. The van der Waals surface area contributed by atoms with Crippen LogP contribution in [0.1, 0.15) is 54.5 Å². The molecule has 2 aromatic rings. The Morgan fingerprint density at radius 1 is 1.03 bits per heavy atom. The fourth-order valence-corrected chi connectivity index (χ4v) is 5.54. The highest BCUT2D eigenvalue weighted by Gasteiger charge is 2.43. The molecule has 0 aliphatic carbocycles. The zero-order chi connectivity index (χ0) is 28.0. The van der Waals surface area contributed by atoms with Crippen LogP contribution < -0.4 is 0 Å². The summed E-state index contributed by atoms with van der Waals surface area (Å²) in [5.41, 5.74) is 0.699. The van der Waals surface area contributed by atoms with E-state index >= 15 is 0 Å². The fourth-order valence-electron chi connectivity index (χ4n) is 4.61. The van der Waals surface area contributed by atoms with Gasteiger partial charge in [0.15, 0.2) is 5.12 Å². The number of carbonyl (C=O) groups excluding carboxylic acids is 3. The van der Waals surface area contributed by atoms with Crippen LogP contribution in [0.15, 0.2) is 70.9 Å². The Kier molecular flexibility index (Phi) is 9.54. The van der Waals surface area contributed by atoms with Crippen molar-refractivity contribution < 1.29 is 37.0 Å². The van der Waals surface area contributed by atoms with Crippen LogP contribution in [0.5, 0.6) is 0 Å². The lowest BCUT2D eigenvalue weighted by atomic mass is 9.74. The maximum absolute atomic E-state index is 13.6. The molecule has 0 fully saturated rings. The van der Waals surface area contributed by atoms with Gasteiger partial charge in [0, 0.05) is 23.8 Å². The van der Waals surface area contributed by atoms with Gasteiger partial charge in [-0.05, 0) is 37.0 Å². The van der Waals surface area contributed by atoms with Gasteiger partial charge in [0.05, 0.1) is 31.1 Å². The minimum atomic E-state index is -4.63. The van der Waals surface area contributed by atoms with E-state index in [1.54, 1.807) is 6.92 Å². The first-order valence-electron chi connectivity index (χ1n) is 11.8. The number of hydrogen-bond acceptors (Lipinski definition) is 7. The first kappa shape index (κ1) is 29.2. The molecule has 0 radical (unpaired) electrons. The Hall–Kier alpha value is -3.40. The minimum Gasteiger partial charge on any atom is -0.468 e. The normalized spacial score (nSPS) is 18.4. The Morgan fingerprint density at radius 3 is 2.29 bits per heavy atom. The van der Waals surface area contributed by atoms with Crippen LogP contribution in [0, 0.1) is 5.92 Å². The van der Waals surface area contributed by atoms with Gasteiger partial charge in [-0.15, -0.1) is 0 Å². The molecule has 1 aliphatic heterocycles. The molecule has 6 nitrogen and oxygen atoms in total. The van der Waals surface area contributed by atoms with Crippen LogP contribution in [0.3, 0.4) is 0 Å². The van der Waals surface area contributed by atoms with Crippen LogP contribution >= 0.6 is 11.8 Å². The second-order valence-electron chi connectivity index (χ2n) is 8.75. The van der Waals surface area contributed by atoms with Crippen molar-refractivity contribution in [3.63, 3.8) is 0 Å². The van der Waals surface area contributed by atoms with E-state index in [0.29, 0.717) is 17.8 Å². The molecule has 1 heterocycles. The number of nitrogens with zero attached hydrogens (tertiary/aromatic N) is 1. The van der Waals surface area contributed by atoms with Gasteiger partial charge in [0.2, 0.25) is 0 Å². The summed E-state index contributed by atoms with van der Waals surface area (Å²) in [5.74, 6) is -3.77. The third kappa shape index (κ3) is 6.72. The fraction of sp³-hybridized carbons (Fsp3) is 0.357. The van der Waals surface area contributed by atoms with Gasteiger partial charge in [-0.1, -0.05) is 60.3 Å². The number of aliphatic imine (C=N–C) groups is 1. The molecule has 0 bridgehead atoms. The molecular weight excluding hydrogens is 519 g/mol. The van der Waals surface area contributed by atoms with Gasteiger partial charge in [-0.25, -0.2) is 4.79 Å². The Balaban J connectivity index is 2.14. The highest BCUT2D eigenvalue weighted by molar-refractivity contribution is 8.13. The van der Waals surface area contributed by atoms with Crippen molar-refractivity contribution in [2.75, 3.05) is 14.2 Å². The summed E-state index contributed by atoms with van der Waals surface area (Å²) in [4.78, 5) is 42.5. The summed E-state index contributed by atoms with van der Waals surface area (Å²) in [6.45, 7) is 3.04. The largest absolute Gasteiger partial charge is 0.468 e. The molecule has 1 aliphatic rings. The molecule has 10 heteroatoms. The van der Waals surface area contributed by atoms with Crippen molar-refractivity contribution in [2.24, 2.45) is 10.9 Å². The second-order valence-corrected chi connectivity index (χ2v) is 10.1. The number of allylic oxidation sites excluding steroid dienone is 1. The monoisotopic (exact) mass is 547 g/mol. The molecule has 3 atom stereocenters. The van der Waals surface area contributed by atoms with E-state index < -0.39 is 35.5 Å². The van der Waals surface area contributed by atoms with E-state index in [4.69, 9.17) is 9.47 Å². The molecule has 2 aromatic carbocycles. The third-order valence-corrected chi connectivity index (χ3v) is 7.40. The van der Waals surface area contributed by atoms with E-state index in [1.165, 1.54) is 26.2 Å². The summed E-state index contributed by atoms with van der Waals surface area (Å²) in [5, 5.41) is -0.335. The predicted molar refractivity (Wildman–Crippen MR) is 139 cm³/mol. The van der Waals surface area contributed by atoms with E-state index in [9.17, 15) is 27.6 Å². The zero-order valence-corrected chi connectivity index (χ0v) is 22.2. The average molecular weight is 548 g/mol. The van der Waals surface area contributed by atoms with E-state index in [1.807, 2.05) is 30.3 Å². The summed E-state index contributed by atoms with van der Waals surface area (Å²) < 4.78 is 50.6. The number of rotatable bonds is 8. The summed E-state index contributed by atoms with van der Waals surface area (Å²) in [6, 6.07) is 13.9. The number of benzene rings is 2. The van der Waals surface area contributed by atoms with Gasteiger partial charge >= 0.3 is 18.1 Å². The number of hydrogen-bond donors (Lipinski definition) is 0. The van der Waals surface area contributed by atoms with Gasteiger partial charge in [0.25, 0.3) is 0 Å². The van der Waals surface area contributed by atoms with Gasteiger partial charge in [-0.3, -0.25) is 14.6 Å². The molecule has 38 heavy (non-hydrogen) atoms. The molecule has 0 amide bonds. The topological polar surface area (TPSA) is 82.0 Å². The Labute approximate surface area is 223 Å². The molecule has 3 unspecified atom stereocenters. The lowest BCUT2D eigenvalue weighted by molar-refractivity contribution is -0.143. The number of ether oxygens (including phenoxy) is 2. The molecular formula is C28H28F3NO5S. The van der Waals surface area contributed by atoms with Crippen molar-refractivity contribution in [3.8, 4) is 0 Å². The van der Waals surface area contributed by atoms with Crippen LogP contribution in [-0.2, 0) is 30.0 Å². The standard InChI is InChI=1S/C28H28F3NO5S/c1-16-23(26(34)36-3)24(19-11-8-12-20(15-19)28(29,30)31)25(27(35)37-4)21(32-16)13-14-22(38-17(2)33)18-9-6-5-7-10-18/h5-12,15,22-24H,13-14H2,1-4H3. The maximum Gasteiger partial charge on any atom is 0.416 e. The number of carbonyl (C=O) groups is 3. The lowest BCUT2D eigenvalue weighted by Gasteiger charge is -2.32. The van der Waals surface area contributed by atoms with E-state index in [-0.39, 0.29) is 27.9 Å². The Bertz CT molecular complexity index is 1260. The third-order valence-electron chi connectivity index (χ3n) is 6.27. The lowest BCUT2D eigenvalue weighted by Crippen LogP contribution is -2.36. The van der Waals surface area contributed by atoms with Gasteiger partial charge in [0.1, 0.15) is 5.92 Å². The average Bonchev–Trinajstić information content (AvgIpc) is 2.89. The van der Waals surface area contributed by atoms with Crippen LogP contribution in [0.2, 0.25) is 0 Å². The first-order chi connectivity index (χ1) is 18.0. The smallest absolute Gasteiger partial charge is 0.416 e. The second kappa shape index (κ2) is 12.4. The number of esters is 2. The molecule has 0 spiro atoms. The quantitative estimate of drug-likeness (QED) is 0.362. The zero-order valence-electron chi connectivity index (χ0n) is 21.4. The van der Waals surface area contributed by atoms with Crippen molar-refractivity contribution in [1.29, 1.82) is 0 Å². The van der Waals surface area contributed by atoms with E-state index in [0.717, 1.165) is 36.6 Å². The predicted octanol–water partition coefficient (Wildman–Crippen LogP) is 6.28. The molecule has 0 saturated heterocycles. The molecule has 0 N–H and O–H groups in total. The van der Waals surface area contributed by atoms with Crippen LogP contribution in [0.4, 0.5) is 13.2 Å². The number of thioether (sulfide) groups is 1. The minimum absolute atomic E-state index is 0.00698. The van der Waals surface area contributed by atoms with Crippen molar-refractivity contribution in [1.82, 2.24) is 0 Å². The highest BCUT2D eigenvalue weighted by Crippen LogP contribution is 2.44. The maximum atomic E-state index is 13.6. The number of halogens is 3. The van der Waals surface area contributed by atoms with Gasteiger partial charge in [-0.2, -0.15) is 13.2 Å². The SMILES string of the molecule is COC(=O)C1=C(CCC(SC(C)=O)c2ccccc2)N=C(C)C(C(=O)OC)C1c1cccc(C(F)(F)F)c1. The first-order valence-corrected chi connectivity index (χ1v) is 12.7. The summed E-state index contributed by atoms with van der Waals surface area (Å²) in [7, 11) is 2.33. The van der Waals surface area contributed by atoms with Crippen molar-refractivity contribution in [2.45, 2.75) is 44.0 Å². The van der Waals surface area contributed by atoms with Crippen LogP contribution in [0.25, 0.3) is 0 Å². The highest BCUT2D eigenvalue weighted by atomic mass is 32.2. The van der Waals surface area contributed by atoms with Crippen molar-refractivity contribution in [3.05, 3.63) is 82.6 Å². The van der Waals surface area contributed by atoms with Crippen LogP contribution in [-0.4, -0.2) is 37.0 Å². The number of methoxy groups -OCH3 is 2.